The summed E-state index contributed by atoms with van der Waals surface area (Å²) >= 11 is 0. The molecular weight excluding hydrogens is 343 g/mol. The largest absolute Gasteiger partial charge is 0.484 e. The summed E-state index contributed by atoms with van der Waals surface area (Å²) in [4.78, 5) is 18.5. The average molecular weight is 364 g/mol. The number of hydrogen-bond donors (Lipinski definition) is 0. The molecule has 0 unspecified atom stereocenters. The summed E-state index contributed by atoms with van der Waals surface area (Å²) in [6.07, 6.45) is 1.60. The molecule has 4 nitrogen and oxygen atoms in total. The number of aryl methyl sites for hydroxylation is 2. The zero-order valence-electron chi connectivity index (χ0n) is 15.4. The lowest BCUT2D eigenvalue weighted by Crippen LogP contribution is -2.35. The molecule has 2 aromatic carbocycles. The van der Waals surface area contributed by atoms with Gasteiger partial charge in [-0.25, -0.2) is 9.37 Å². The molecule has 1 amide bonds. The van der Waals surface area contributed by atoms with Crippen LogP contribution in [0.2, 0.25) is 0 Å². The number of carbonyl (C=O) groups excluding carboxylic acids is 1. The van der Waals surface area contributed by atoms with Crippen LogP contribution in [0.4, 0.5) is 10.2 Å². The van der Waals surface area contributed by atoms with Crippen molar-refractivity contribution in [2.24, 2.45) is 0 Å². The fourth-order valence-corrected chi connectivity index (χ4v) is 2.63. The van der Waals surface area contributed by atoms with Gasteiger partial charge in [-0.05, 0) is 55.3 Å². The molecular formula is C22H21FN2O2. The van der Waals surface area contributed by atoms with Gasteiger partial charge in [0.25, 0.3) is 5.91 Å². The van der Waals surface area contributed by atoms with Crippen molar-refractivity contribution in [3.63, 3.8) is 0 Å². The van der Waals surface area contributed by atoms with Crippen LogP contribution >= 0.6 is 0 Å². The van der Waals surface area contributed by atoms with E-state index in [2.05, 4.69) is 4.98 Å². The molecule has 3 aromatic rings. The Kier molecular flexibility index (Phi) is 5.81. The van der Waals surface area contributed by atoms with Gasteiger partial charge in [-0.3, -0.25) is 9.69 Å². The van der Waals surface area contributed by atoms with Gasteiger partial charge >= 0.3 is 0 Å². The highest BCUT2D eigenvalue weighted by molar-refractivity contribution is 5.93. The van der Waals surface area contributed by atoms with Crippen molar-refractivity contribution in [1.29, 1.82) is 0 Å². The Morgan fingerprint density at radius 2 is 1.81 bits per heavy atom. The Hall–Kier alpha value is -3.21. The van der Waals surface area contributed by atoms with E-state index in [1.165, 1.54) is 11.0 Å². The summed E-state index contributed by atoms with van der Waals surface area (Å²) in [6.45, 7) is 3.93. The maximum Gasteiger partial charge on any atom is 0.266 e. The zero-order chi connectivity index (χ0) is 19.2. The first kappa shape index (κ1) is 18.6. The van der Waals surface area contributed by atoms with Crippen LogP contribution in [0.1, 0.15) is 16.7 Å². The topological polar surface area (TPSA) is 42.4 Å². The number of benzene rings is 2. The number of carbonyl (C=O) groups is 1. The number of aromatic nitrogens is 1. The van der Waals surface area contributed by atoms with E-state index in [0.29, 0.717) is 17.1 Å². The lowest BCUT2D eigenvalue weighted by Gasteiger charge is -2.22. The maximum atomic E-state index is 14.1. The second kappa shape index (κ2) is 8.45. The van der Waals surface area contributed by atoms with Gasteiger partial charge < -0.3 is 4.74 Å². The SMILES string of the molecule is Cc1ccc(OCC(=O)N(Cc2ccccc2F)c2ccccn2)cc1C. The van der Waals surface area contributed by atoms with Crippen molar-refractivity contribution in [2.75, 3.05) is 11.5 Å². The Labute approximate surface area is 158 Å². The molecule has 0 fully saturated rings. The molecule has 0 bridgehead atoms. The molecule has 0 aliphatic heterocycles. The second-order valence-corrected chi connectivity index (χ2v) is 6.29. The lowest BCUT2D eigenvalue weighted by atomic mass is 10.1. The number of amides is 1. The van der Waals surface area contributed by atoms with E-state index >= 15 is 0 Å². The Morgan fingerprint density at radius 3 is 2.52 bits per heavy atom. The zero-order valence-corrected chi connectivity index (χ0v) is 15.4. The summed E-state index contributed by atoms with van der Waals surface area (Å²) in [6, 6.07) is 17.3. The van der Waals surface area contributed by atoms with Crippen LogP contribution in [0, 0.1) is 19.7 Å². The van der Waals surface area contributed by atoms with Gasteiger partial charge in [-0.1, -0.05) is 30.3 Å². The number of anilines is 1. The van der Waals surface area contributed by atoms with Gasteiger partial charge in [0.05, 0.1) is 6.54 Å². The van der Waals surface area contributed by atoms with Crippen molar-refractivity contribution in [3.05, 3.63) is 89.4 Å². The quantitative estimate of drug-likeness (QED) is 0.649. The summed E-state index contributed by atoms with van der Waals surface area (Å²) < 4.78 is 19.7. The van der Waals surface area contributed by atoms with E-state index in [-0.39, 0.29) is 24.9 Å². The molecule has 138 valence electrons. The molecule has 0 radical (unpaired) electrons. The molecule has 0 aliphatic rings. The Balaban J connectivity index is 1.78. The van der Waals surface area contributed by atoms with Gasteiger partial charge in [-0.15, -0.1) is 0 Å². The number of halogens is 1. The Bertz CT molecular complexity index is 929. The first-order valence-corrected chi connectivity index (χ1v) is 8.69. The van der Waals surface area contributed by atoms with Crippen molar-refractivity contribution < 1.29 is 13.9 Å². The van der Waals surface area contributed by atoms with Crippen molar-refractivity contribution >= 4 is 11.7 Å². The standard InChI is InChI=1S/C22H21FN2O2/c1-16-10-11-19(13-17(16)2)27-15-22(26)25(21-9-5-6-12-24-21)14-18-7-3-4-8-20(18)23/h3-13H,14-15H2,1-2H3. The van der Waals surface area contributed by atoms with Gasteiger partial charge in [0, 0.05) is 11.8 Å². The predicted molar refractivity (Wildman–Crippen MR) is 103 cm³/mol. The summed E-state index contributed by atoms with van der Waals surface area (Å²) in [7, 11) is 0. The van der Waals surface area contributed by atoms with Crippen LogP contribution in [-0.2, 0) is 11.3 Å². The molecule has 1 aromatic heterocycles. The first-order chi connectivity index (χ1) is 13.0. The lowest BCUT2D eigenvalue weighted by molar-refractivity contribution is -0.120. The third kappa shape index (κ3) is 4.70. The number of rotatable bonds is 6. The summed E-state index contributed by atoms with van der Waals surface area (Å²) in [5.74, 6) is 0.421. The van der Waals surface area contributed by atoms with Crippen LogP contribution < -0.4 is 9.64 Å². The number of nitrogens with zero attached hydrogens (tertiary/aromatic N) is 2. The van der Waals surface area contributed by atoms with Crippen molar-refractivity contribution in [3.8, 4) is 5.75 Å². The summed E-state index contributed by atoms with van der Waals surface area (Å²) in [5, 5.41) is 0. The smallest absolute Gasteiger partial charge is 0.266 e. The highest BCUT2D eigenvalue weighted by Gasteiger charge is 2.19. The normalized spacial score (nSPS) is 10.5. The molecule has 0 atom stereocenters. The van der Waals surface area contributed by atoms with Gasteiger partial charge in [-0.2, -0.15) is 0 Å². The molecule has 27 heavy (non-hydrogen) atoms. The molecule has 3 rings (SSSR count). The van der Waals surface area contributed by atoms with E-state index in [1.807, 2.05) is 32.0 Å². The van der Waals surface area contributed by atoms with Gasteiger partial charge in [0.1, 0.15) is 17.4 Å². The number of hydrogen-bond acceptors (Lipinski definition) is 3. The van der Waals surface area contributed by atoms with Gasteiger partial charge in [0.2, 0.25) is 0 Å². The van der Waals surface area contributed by atoms with Crippen LogP contribution in [0.15, 0.2) is 66.9 Å². The minimum absolute atomic E-state index is 0.0821. The Morgan fingerprint density at radius 1 is 1.04 bits per heavy atom. The van der Waals surface area contributed by atoms with E-state index in [4.69, 9.17) is 4.74 Å². The molecule has 0 spiro atoms. The molecule has 0 N–H and O–H groups in total. The third-order valence-electron chi connectivity index (χ3n) is 4.35. The van der Waals surface area contributed by atoms with Gasteiger partial charge in [0.15, 0.2) is 6.61 Å². The predicted octanol–water partition coefficient (Wildman–Crippen LogP) is 4.45. The molecule has 1 heterocycles. The van der Waals surface area contributed by atoms with Crippen LogP contribution in [0.3, 0.4) is 0 Å². The first-order valence-electron chi connectivity index (χ1n) is 8.69. The minimum atomic E-state index is -0.360. The van der Waals surface area contributed by atoms with E-state index in [9.17, 15) is 9.18 Å². The molecule has 0 aliphatic carbocycles. The maximum absolute atomic E-state index is 14.1. The van der Waals surface area contributed by atoms with Crippen molar-refractivity contribution in [2.45, 2.75) is 20.4 Å². The molecule has 0 saturated carbocycles. The molecule has 5 heteroatoms. The number of pyridine rings is 1. The third-order valence-corrected chi connectivity index (χ3v) is 4.35. The number of ether oxygens (including phenoxy) is 1. The molecule has 0 saturated heterocycles. The van der Waals surface area contributed by atoms with Crippen LogP contribution in [0.5, 0.6) is 5.75 Å². The average Bonchev–Trinajstić information content (AvgIpc) is 2.68. The van der Waals surface area contributed by atoms with E-state index in [1.54, 1.807) is 42.6 Å². The fourth-order valence-electron chi connectivity index (χ4n) is 2.63. The monoisotopic (exact) mass is 364 g/mol. The van der Waals surface area contributed by atoms with Crippen LogP contribution in [0.25, 0.3) is 0 Å². The van der Waals surface area contributed by atoms with E-state index < -0.39 is 0 Å². The van der Waals surface area contributed by atoms with Crippen LogP contribution in [-0.4, -0.2) is 17.5 Å². The van der Waals surface area contributed by atoms with Crippen molar-refractivity contribution in [1.82, 2.24) is 4.98 Å². The summed E-state index contributed by atoms with van der Waals surface area (Å²) in [5.41, 5.74) is 2.67. The highest BCUT2D eigenvalue weighted by Crippen LogP contribution is 2.19. The minimum Gasteiger partial charge on any atom is -0.484 e. The fraction of sp³-hybridized carbons (Fsp3) is 0.182. The van der Waals surface area contributed by atoms with E-state index in [0.717, 1.165) is 11.1 Å². The second-order valence-electron chi connectivity index (χ2n) is 6.29. The highest BCUT2D eigenvalue weighted by atomic mass is 19.1.